The molecule has 0 radical (unpaired) electrons. The predicted octanol–water partition coefficient (Wildman–Crippen LogP) is 3.59. The summed E-state index contributed by atoms with van der Waals surface area (Å²) < 4.78 is 2.16. The molecule has 14 heavy (non-hydrogen) atoms. The van der Waals surface area contributed by atoms with Crippen molar-refractivity contribution in [3.63, 3.8) is 0 Å². The van der Waals surface area contributed by atoms with Crippen LogP contribution in [0, 0.1) is 0 Å². The van der Waals surface area contributed by atoms with Gasteiger partial charge in [0.05, 0.1) is 12.2 Å². The van der Waals surface area contributed by atoms with Crippen LogP contribution in [0.15, 0.2) is 12.4 Å². The van der Waals surface area contributed by atoms with Crippen LogP contribution in [0.1, 0.15) is 58.1 Å². The van der Waals surface area contributed by atoms with Gasteiger partial charge in [-0.15, -0.1) is 0 Å². The molecule has 0 aliphatic heterocycles. The third kappa shape index (κ3) is 2.86. The smallest absolute Gasteiger partial charge is 0.0521 e. The highest BCUT2D eigenvalue weighted by atomic mass is 15.3. The Bertz CT molecular complexity index is 247. The van der Waals surface area contributed by atoms with Crippen LogP contribution in [0.25, 0.3) is 0 Å². The van der Waals surface area contributed by atoms with Crippen LogP contribution in [0.4, 0.5) is 0 Å². The largest absolute Gasteiger partial charge is 0.269 e. The van der Waals surface area contributed by atoms with E-state index in [0.29, 0.717) is 6.04 Å². The van der Waals surface area contributed by atoms with Gasteiger partial charge in [0, 0.05) is 6.20 Å². The lowest BCUT2D eigenvalue weighted by Gasteiger charge is -2.15. The summed E-state index contributed by atoms with van der Waals surface area (Å²) in [6.45, 7) is 6.66. The van der Waals surface area contributed by atoms with Crippen molar-refractivity contribution in [2.75, 3.05) is 0 Å². The topological polar surface area (TPSA) is 17.8 Å². The Morgan fingerprint density at radius 1 is 1.21 bits per heavy atom. The first-order chi connectivity index (χ1) is 6.81. The van der Waals surface area contributed by atoms with E-state index in [1.54, 1.807) is 0 Å². The average molecular weight is 194 g/mol. The molecule has 2 nitrogen and oxygen atoms in total. The Balaban J connectivity index is 2.65. The maximum absolute atomic E-state index is 4.44. The van der Waals surface area contributed by atoms with Gasteiger partial charge in [-0.3, -0.25) is 4.68 Å². The maximum atomic E-state index is 4.44. The van der Waals surface area contributed by atoms with E-state index in [9.17, 15) is 0 Å². The maximum Gasteiger partial charge on any atom is 0.0521 e. The molecule has 0 saturated heterocycles. The highest BCUT2D eigenvalue weighted by Crippen LogP contribution is 2.19. The SMILES string of the molecule is CCCC(CCC)n1cc(CC)cn1. The number of aromatic nitrogens is 2. The van der Waals surface area contributed by atoms with Gasteiger partial charge in [-0.1, -0.05) is 33.6 Å². The lowest BCUT2D eigenvalue weighted by molar-refractivity contribution is 0.391. The Hall–Kier alpha value is -0.790. The zero-order chi connectivity index (χ0) is 10.4. The van der Waals surface area contributed by atoms with Crippen molar-refractivity contribution in [2.45, 2.75) is 58.9 Å². The van der Waals surface area contributed by atoms with Gasteiger partial charge in [0.25, 0.3) is 0 Å². The van der Waals surface area contributed by atoms with Crippen LogP contribution in [0.5, 0.6) is 0 Å². The zero-order valence-electron chi connectivity index (χ0n) is 9.66. The molecule has 0 unspecified atom stereocenters. The molecule has 1 rings (SSSR count). The van der Waals surface area contributed by atoms with Crippen LogP contribution in [-0.4, -0.2) is 9.78 Å². The molecular formula is C12H22N2. The van der Waals surface area contributed by atoms with Crippen LogP contribution in [-0.2, 0) is 6.42 Å². The second kappa shape index (κ2) is 5.84. The third-order valence-corrected chi connectivity index (χ3v) is 2.68. The fraction of sp³-hybridized carbons (Fsp3) is 0.750. The number of aryl methyl sites for hydroxylation is 1. The molecule has 1 aromatic heterocycles. The van der Waals surface area contributed by atoms with E-state index in [0.717, 1.165) is 6.42 Å². The van der Waals surface area contributed by atoms with Gasteiger partial charge >= 0.3 is 0 Å². The molecule has 0 N–H and O–H groups in total. The first kappa shape index (κ1) is 11.3. The van der Waals surface area contributed by atoms with Gasteiger partial charge in [-0.05, 0) is 24.8 Å². The van der Waals surface area contributed by atoms with E-state index in [-0.39, 0.29) is 0 Å². The minimum absolute atomic E-state index is 0.616. The molecule has 1 heterocycles. The molecule has 0 amide bonds. The molecule has 0 fully saturated rings. The number of nitrogens with zero attached hydrogens (tertiary/aromatic N) is 2. The molecule has 1 aromatic rings. The van der Waals surface area contributed by atoms with Gasteiger partial charge in [0.15, 0.2) is 0 Å². The van der Waals surface area contributed by atoms with Crippen LogP contribution in [0.3, 0.4) is 0 Å². The van der Waals surface area contributed by atoms with E-state index in [2.05, 4.69) is 36.7 Å². The summed E-state index contributed by atoms with van der Waals surface area (Å²) in [5, 5.41) is 4.44. The van der Waals surface area contributed by atoms with E-state index in [1.165, 1.54) is 31.2 Å². The fourth-order valence-electron chi connectivity index (χ4n) is 1.83. The summed E-state index contributed by atoms with van der Waals surface area (Å²) >= 11 is 0. The van der Waals surface area contributed by atoms with E-state index >= 15 is 0 Å². The third-order valence-electron chi connectivity index (χ3n) is 2.68. The van der Waals surface area contributed by atoms with Gasteiger partial charge in [-0.2, -0.15) is 5.10 Å². The Morgan fingerprint density at radius 3 is 2.29 bits per heavy atom. The molecule has 0 aliphatic rings. The molecule has 0 aromatic carbocycles. The highest BCUT2D eigenvalue weighted by Gasteiger charge is 2.09. The molecule has 0 aliphatic carbocycles. The summed E-state index contributed by atoms with van der Waals surface area (Å²) in [6, 6.07) is 0.616. The number of hydrogen-bond donors (Lipinski definition) is 0. The van der Waals surface area contributed by atoms with Crippen molar-refractivity contribution in [1.29, 1.82) is 0 Å². The normalized spacial score (nSPS) is 11.1. The van der Waals surface area contributed by atoms with Crippen molar-refractivity contribution in [1.82, 2.24) is 9.78 Å². The number of rotatable bonds is 6. The van der Waals surface area contributed by atoms with Gasteiger partial charge in [-0.25, -0.2) is 0 Å². The van der Waals surface area contributed by atoms with Crippen LogP contribution < -0.4 is 0 Å². The monoisotopic (exact) mass is 194 g/mol. The van der Waals surface area contributed by atoms with E-state index in [4.69, 9.17) is 0 Å². The Kier molecular flexibility index (Phi) is 4.71. The van der Waals surface area contributed by atoms with Gasteiger partial charge < -0.3 is 0 Å². The van der Waals surface area contributed by atoms with Crippen molar-refractivity contribution >= 4 is 0 Å². The predicted molar refractivity (Wildman–Crippen MR) is 60.5 cm³/mol. The first-order valence-electron chi connectivity index (χ1n) is 5.84. The fourth-order valence-corrected chi connectivity index (χ4v) is 1.83. The molecular weight excluding hydrogens is 172 g/mol. The summed E-state index contributed by atoms with van der Waals surface area (Å²) in [5.74, 6) is 0. The van der Waals surface area contributed by atoms with Crippen molar-refractivity contribution < 1.29 is 0 Å². The van der Waals surface area contributed by atoms with Gasteiger partial charge in [0.1, 0.15) is 0 Å². The standard InChI is InChI=1S/C12H22N2/c1-4-7-12(8-5-2)14-10-11(6-3)9-13-14/h9-10,12H,4-8H2,1-3H3. The first-order valence-corrected chi connectivity index (χ1v) is 5.84. The molecule has 0 spiro atoms. The summed E-state index contributed by atoms with van der Waals surface area (Å²) in [6.07, 6.45) is 10.3. The van der Waals surface area contributed by atoms with Gasteiger partial charge in [0.2, 0.25) is 0 Å². The minimum atomic E-state index is 0.616. The molecule has 0 atom stereocenters. The quantitative estimate of drug-likeness (QED) is 0.676. The summed E-state index contributed by atoms with van der Waals surface area (Å²) in [7, 11) is 0. The van der Waals surface area contributed by atoms with E-state index < -0.39 is 0 Å². The lowest BCUT2D eigenvalue weighted by atomic mass is 10.1. The second-order valence-electron chi connectivity index (χ2n) is 3.91. The van der Waals surface area contributed by atoms with Crippen molar-refractivity contribution in [3.05, 3.63) is 18.0 Å². The van der Waals surface area contributed by atoms with Crippen molar-refractivity contribution in [2.24, 2.45) is 0 Å². The zero-order valence-corrected chi connectivity index (χ0v) is 9.66. The van der Waals surface area contributed by atoms with Crippen molar-refractivity contribution in [3.8, 4) is 0 Å². The Labute approximate surface area is 87.3 Å². The lowest BCUT2D eigenvalue weighted by Crippen LogP contribution is -2.09. The summed E-state index contributed by atoms with van der Waals surface area (Å²) in [5.41, 5.74) is 1.35. The Morgan fingerprint density at radius 2 is 1.86 bits per heavy atom. The number of hydrogen-bond acceptors (Lipinski definition) is 1. The van der Waals surface area contributed by atoms with E-state index in [1.807, 2.05) is 6.20 Å². The highest BCUT2D eigenvalue weighted by molar-refractivity contribution is 5.03. The molecule has 0 saturated carbocycles. The second-order valence-corrected chi connectivity index (χ2v) is 3.91. The molecule has 80 valence electrons. The summed E-state index contributed by atoms with van der Waals surface area (Å²) in [4.78, 5) is 0. The molecule has 0 bridgehead atoms. The average Bonchev–Trinajstić information content (AvgIpc) is 2.65. The van der Waals surface area contributed by atoms with Crippen LogP contribution in [0.2, 0.25) is 0 Å². The molecule has 2 heteroatoms. The minimum Gasteiger partial charge on any atom is -0.269 e. The van der Waals surface area contributed by atoms with Crippen LogP contribution >= 0.6 is 0 Å².